The van der Waals surface area contributed by atoms with Crippen LogP contribution < -0.4 is 0 Å². The van der Waals surface area contributed by atoms with Crippen molar-refractivity contribution in [1.82, 2.24) is 4.31 Å². The van der Waals surface area contributed by atoms with Crippen molar-refractivity contribution in [3.8, 4) is 0 Å². The number of benzene rings is 1. The summed E-state index contributed by atoms with van der Waals surface area (Å²) in [6.45, 7) is 3.44. The first-order valence-corrected chi connectivity index (χ1v) is 8.70. The first-order valence-electron chi connectivity index (χ1n) is 6.73. The molecule has 5 heteroatoms. The predicted molar refractivity (Wildman–Crippen MR) is 77.8 cm³/mol. The zero-order valence-electron chi connectivity index (χ0n) is 11.2. The van der Waals surface area contributed by atoms with Gasteiger partial charge in [-0.2, -0.15) is 4.31 Å². The first-order chi connectivity index (χ1) is 9.07. The summed E-state index contributed by atoms with van der Waals surface area (Å²) in [6, 6.07) is 6.86. The van der Waals surface area contributed by atoms with E-state index in [1.165, 1.54) is 0 Å². The van der Waals surface area contributed by atoms with Crippen molar-refractivity contribution in [3.63, 3.8) is 0 Å². The third-order valence-corrected chi connectivity index (χ3v) is 5.85. The van der Waals surface area contributed by atoms with Crippen LogP contribution in [0.25, 0.3) is 0 Å². The third kappa shape index (κ3) is 3.30. The number of halogens is 1. The summed E-state index contributed by atoms with van der Waals surface area (Å²) in [6.07, 6.45) is 3.20. The maximum atomic E-state index is 12.5. The first kappa shape index (κ1) is 14.8. The van der Waals surface area contributed by atoms with Crippen molar-refractivity contribution in [1.29, 1.82) is 0 Å². The molecule has 1 atom stereocenters. The second-order valence-corrected chi connectivity index (χ2v) is 7.29. The minimum atomic E-state index is -3.32. The highest BCUT2D eigenvalue weighted by Crippen LogP contribution is 2.27. The van der Waals surface area contributed by atoms with Crippen LogP contribution in [0, 0.1) is 5.92 Å². The lowest BCUT2D eigenvalue weighted by atomic mass is 10.0. The molecule has 0 N–H and O–H groups in total. The van der Waals surface area contributed by atoms with Gasteiger partial charge < -0.3 is 0 Å². The van der Waals surface area contributed by atoms with E-state index < -0.39 is 10.0 Å². The fraction of sp³-hybridized carbons (Fsp3) is 0.571. The predicted octanol–water partition coefficient (Wildman–Crippen LogP) is 3.24. The highest BCUT2D eigenvalue weighted by molar-refractivity contribution is 7.89. The Morgan fingerprint density at radius 2 is 2.00 bits per heavy atom. The van der Waals surface area contributed by atoms with Crippen molar-refractivity contribution in [2.45, 2.75) is 37.0 Å². The van der Waals surface area contributed by atoms with Crippen molar-refractivity contribution < 1.29 is 8.42 Å². The van der Waals surface area contributed by atoms with E-state index in [1.807, 2.05) is 0 Å². The largest absolute Gasteiger partial charge is 0.243 e. The molecule has 106 valence electrons. The monoisotopic (exact) mass is 301 g/mol. The van der Waals surface area contributed by atoms with E-state index in [0.717, 1.165) is 24.8 Å². The van der Waals surface area contributed by atoms with E-state index in [2.05, 4.69) is 6.92 Å². The van der Waals surface area contributed by atoms with Gasteiger partial charge in [0.25, 0.3) is 0 Å². The Hall–Kier alpha value is -0.580. The molecule has 1 aromatic carbocycles. The van der Waals surface area contributed by atoms with Gasteiger partial charge in [0.05, 0.1) is 4.90 Å². The van der Waals surface area contributed by atoms with Gasteiger partial charge in [0.1, 0.15) is 0 Å². The molecule has 1 aliphatic rings. The van der Waals surface area contributed by atoms with Gasteiger partial charge in [-0.3, -0.25) is 0 Å². The van der Waals surface area contributed by atoms with E-state index in [4.69, 9.17) is 11.6 Å². The Balaban J connectivity index is 2.13. The van der Waals surface area contributed by atoms with Crippen molar-refractivity contribution in [3.05, 3.63) is 29.8 Å². The molecule has 1 unspecified atom stereocenters. The van der Waals surface area contributed by atoms with Crippen LogP contribution in [0.15, 0.2) is 29.2 Å². The summed E-state index contributed by atoms with van der Waals surface area (Å²) in [7, 11) is -3.32. The van der Waals surface area contributed by atoms with E-state index >= 15 is 0 Å². The summed E-state index contributed by atoms with van der Waals surface area (Å²) in [5.74, 6) is 0.921. The van der Waals surface area contributed by atoms with Crippen LogP contribution in [0.2, 0.25) is 0 Å². The molecule has 0 radical (unpaired) electrons. The van der Waals surface area contributed by atoms with Crippen LogP contribution in [-0.4, -0.2) is 25.8 Å². The average molecular weight is 302 g/mol. The van der Waals surface area contributed by atoms with Crippen LogP contribution >= 0.6 is 11.6 Å². The van der Waals surface area contributed by atoms with Gasteiger partial charge in [-0.1, -0.05) is 25.5 Å². The normalized spacial score (nSPS) is 20.8. The zero-order valence-corrected chi connectivity index (χ0v) is 12.8. The fourth-order valence-corrected chi connectivity index (χ4v) is 4.27. The second kappa shape index (κ2) is 6.25. The van der Waals surface area contributed by atoms with E-state index in [0.29, 0.717) is 29.8 Å². The molecule has 1 aliphatic heterocycles. The van der Waals surface area contributed by atoms with Crippen molar-refractivity contribution >= 4 is 21.6 Å². The molecule has 0 aliphatic carbocycles. The average Bonchev–Trinajstić information content (AvgIpc) is 2.89. The van der Waals surface area contributed by atoms with Crippen LogP contribution in [-0.2, 0) is 15.9 Å². The summed E-state index contributed by atoms with van der Waals surface area (Å²) in [5, 5.41) is 0. The Morgan fingerprint density at radius 1 is 1.32 bits per heavy atom. The van der Waals surface area contributed by atoms with Crippen LogP contribution in [0.3, 0.4) is 0 Å². The Labute approximate surface area is 120 Å². The van der Waals surface area contributed by atoms with E-state index in [9.17, 15) is 8.42 Å². The topological polar surface area (TPSA) is 37.4 Å². The van der Waals surface area contributed by atoms with Gasteiger partial charge in [0.2, 0.25) is 10.0 Å². The molecule has 1 aromatic rings. The molecule has 0 amide bonds. The van der Waals surface area contributed by atoms with Crippen molar-refractivity contribution in [2.75, 3.05) is 13.1 Å². The number of alkyl halides is 1. The fourth-order valence-electron chi connectivity index (χ4n) is 2.56. The van der Waals surface area contributed by atoms with E-state index in [-0.39, 0.29) is 0 Å². The maximum absolute atomic E-state index is 12.5. The lowest BCUT2D eigenvalue weighted by Crippen LogP contribution is -2.28. The van der Waals surface area contributed by atoms with Gasteiger partial charge >= 0.3 is 0 Å². The van der Waals surface area contributed by atoms with Crippen LogP contribution in [0.1, 0.15) is 31.7 Å². The molecule has 0 spiro atoms. The van der Waals surface area contributed by atoms with Gasteiger partial charge in [-0.15, -0.1) is 11.6 Å². The molecular formula is C14H20ClNO2S. The number of sulfonamides is 1. The molecular weight excluding hydrogens is 282 g/mol. The lowest BCUT2D eigenvalue weighted by Gasteiger charge is -2.16. The SMILES string of the molecule is CCCC1CCN(S(=O)(=O)c2ccc(CCl)cc2)C1. The van der Waals surface area contributed by atoms with Gasteiger partial charge in [0.15, 0.2) is 0 Å². The summed E-state index contributed by atoms with van der Waals surface area (Å²) < 4.78 is 26.6. The number of hydrogen-bond donors (Lipinski definition) is 0. The Bertz CT molecular complexity index is 513. The standard InChI is InChI=1S/C14H20ClNO2S/c1-2-3-13-8-9-16(11-13)19(17,18)14-6-4-12(10-15)5-7-14/h4-7,13H,2-3,8-11H2,1H3. The maximum Gasteiger partial charge on any atom is 0.243 e. The van der Waals surface area contributed by atoms with E-state index in [1.54, 1.807) is 28.6 Å². The van der Waals surface area contributed by atoms with Crippen molar-refractivity contribution in [2.24, 2.45) is 5.92 Å². The second-order valence-electron chi connectivity index (χ2n) is 5.08. The number of nitrogens with zero attached hydrogens (tertiary/aromatic N) is 1. The van der Waals surface area contributed by atoms with Gasteiger partial charge in [-0.05, 0) is 36.5 Å². The Morgan fingerprint density at radius 3 is 2.58 bits per heavy atom. The van der Waals surface area contributed by atoms with Gasteiger partial charge in [-0.25, -0.2) is 8.42 Å². The molecule has 1 saturated heterocycles. The molecule has 0 bridgehead atoms. The number of hydrogen-bond acceptors (Lipinski definition) is 2. The Kier molecular flexibility index (Phi) is 4.87. The molecule has 1 heterocycles. The molecule has 2 rings (SSSR count). The smallest absolute Gasteiger partial charge is 0.207 e. The molecule has 1 fully saturated rings. The molecule has 0 aromatic heterocycles. The molecule has 0 saturated carbocycles. The minimum absolute atomic E-state index is 0.374. The molecule has 19 heavy (non-hydrogen) atoms. The number of rotatable bonds is 5. The highest BCUT2D eigenvalue weighted by Gasteiger charge is 2.31. The van der Waals surface area contributed by atoms with Gasteiger partial charge in [0, 0.05) is 19.0 Å². The van der Waals surface area contributed by atoms with Crippen LogP contribution in [0.5, 0.6) is 0 Å². The third-order valence-electron chi connectivity index (χ3n) is 3.66. The summed E-state index contributed by atoms with van der Waals surface area (Å²) in [5.41, 5.74) is 0.936. The summed E-state index contributed by atoms with van der Waals surface area (Å²) >= 11 is 5.71. The molecule has 3 nitrogen and oxygen atoms in total. The minimum Gasteiger partial charge on any atom is -0.207 e. The quantitative estimate of drug-likeness (QED) is 0.783. The van der Waals surface area contributed by atoms with Crippen LogP contribution in [0.4, 0.5) is 0 Å². The zero-order chi connectivity index (χ0) is 13.9. The highest BCUT2D eigenvalue weighted by atomic mass is 35.5. The lowest BCUT2D eigenvalue weighted by molar-refractivity contribution is 0.444. The summed E-state index contributed by atoms with van der Waals surface area (Å²) in [4.78, 5) is 0.374.